The van der Waals surface area contributed by atoms with Gasteiger partial charge in [0.15, 0.2) is 0 Å². The SMILES string of the molecule is CCOC(=O)CN(CC(C)C)C(=O)CCCn1ccnc1. The number of ether oxygens (including phenoxy) is 1. The van der Waals surface area contributed by atoms with Gasteiger partial charge in [-0.3, -0.25) is 9.59 Å². The molecule has 0 saturated heterocycles. The summed E-state index contributed by atoms with van der Waals surface area (Å²) in [5, 5.41) is 0. The number of amides is 1. The van der Waals surface area contributed by atoms with Gasteiger partial charge in [-0.25, -0.2) is 4.98 Å². The molecular weight excluding hydrogens is 270 g/mol. The third-order valence-corrected chi connectivity index (χ3v) is 2.93. The summed E-state index contributed by atoms with van der Waals surface area (Å²) < 4.78 is 6.86. The van der Waals surface area contributed by atoms with Crippen LogP contribution in [0.25, 0.3) is 0 Å². The highest BCUT2D eigenvalue weighted by Gasteiger charge is 2.18. The highest BCUT2D eigenvalue weighted by Crippen LogP contribution is 2.05. The number of hydrogen-bond acceptors (Lipinski definition) is 4. The zero-order valence-corrected chi connectivity index (χ0v) is 13.1. The van der Waals surface area contributed by atoms with E-state index in [-0.39, 0.29) is 18.4 Å². The highest BCUT2D eigenvalue weighted by molar-refractivity contribution is 5.82. The molecule has 0 fully saturated rings. The van der Waals surface area contributed by atoms with Crippen molar-refractivity contribution in [2.75, 3.05) is 19.7 Å². The fraction of sp³-hybridized carbons (Fsp3) is 0.667. The van der Waals surface area contributed by atoms with E-state index in [0.717, 1.165) is 13.0 Å². The van der Waals surface area contributed by atoms with Crippen LogP contribution in [0.3, 0.4) is 0 Å². The number of aromatic nitrogens is 2. The predicted octanol–water partition coefficient (Wildman–Crippen LogP) is 1.71. The normalized spacial score (nSPS) is 10.7. The molecule has 21 heavy (non-hydrogen) atoms. The van der Waals surface area contributed by atoms with Gasteiger partial charge in [0.25, 0.3) is 0 Å². The largest absolute Gasteiger partial charge is 0.465 e. The lowest BCUT2D eigenvalue weighted by Gasteiger charge is -2.23. The molecule has 1 heterocycles. The monoisotopic (exact) mass is 295 g/mol. The van der Waals surface area contributed by atoms with Crippen molar-refractivity contribution in [1.29, 1.82) is 0 Å². The predicted molar refractivity (Wildman–Crippen MR) is 79.5 cm³/mol. The molecule has 0 N–H and O–H groups in total. The van der Waals surface area contributed by atoms with Crippen molar-refractivity contribution in [3.8, 4) is 0 Å². The van der Waals surface area contributed by atoms with E-state index in [4.69, 9.17) is 4.74 Å². The number of esters is 1. The van der Waals surface area contributed by atoms with Crippen molar-refractivity contribution in [2.45, 2.75) is 40.2 Å². The number of aryl methyl sites for hydroxylation is 1. The summed E-state index contributed by atoms with van der Waals surface area (Å²) in [5.41, 5.74) is 0. The Morgan fingerprint density at radius 3 is 2.71 bits per heavy atom. The van der Waals surface area contributed by atoms with Crippen LogP contribution in [-0.4, -0.2) is 46.0 Å². The lowest BCUT2D eigenvalue weighted by molar-refractivity contribution is -0.149. The fourth-order valence-electron chi connectivity index (χ4n) is 2.05. The molecule has 0 aliphatic heterocycles. The number of rotatable bonds is 9. The van der Waals surface area contributed by atoms with Gasteiger partial charge in [0, 0.05) is 31.9 Å². The van der Waals surface area contributed by atoms with Crippen LogP contribution in [0, 0.1) is 5.92 Å². The maximum atomic E-state index is 12.2. The second-order valence-electron chi connectivity index (χ2n) is 5.38. The molecular formula is C15H25N3O3. The summed E-state index contributed by atoms with van der Waals surface area (Å²) in [4.78, 5) is 29.4. The Bertz CT molecular complexity index is 429. The number of imidazole rings is 1. The summed E-state index contributed by atoms with van der Waals surface area (Å²) in [6.07, 6.45) is 6.47. The van der Waals surface area contributed by atoms with Gasteiger partial charge in [0.05, 0.1) is 12.9 Å². The first kappa shape index (κ1) is 17.2. The van der Waals surface area contributed by atoms with Gasteiger partial charge in [0.1, 0.15) is 6.54 Å². The molecule has 1 aromatic heterocycles. The van der Waals surface area contributed by atoms with E-state index >= 15 is 0 Å². The number of hydrogen-bond donors (Lipinski definition) is 0. The Morgan fingerprint density at radius 2 is 2.14 bits per heavy atom. The first-order chi connectivity index (χ1) is 10.0. The number of carbonyl (C=O) groups is 2. The van der Waals surface area contributed by atoms with Gasteiger partial charge in [-0.2, -0.15) is 0 Å². The van der Waals surface area contributed by atoms with Crippen molar-refractivity contribution in [3.63, 3.8) is 0 Å². The van der Waals surface area contributed by atoms with Crippen LogP contribution in [0.4, 0.5) is 0 Å². The van der Waals surface area contributed by atoms with Crippen LogP contribution in [0.2, 0.25) is 0 Å². The van der Waals surface area contributed by atoms with E-state index in [0.29, 0.717) is 25.5 Å². The molecule has 0 aliphatic rings. The molecule has 0 unspecified atom stereocenters. The van der Waals surface area contributed by atoms with Gasteiger partial charge in [-0.1, -0.05) is 13.8 Å². The molecule has 1 aromatic rings. The molecule has 0 bridgehead atoms. The Balaban J connectivity index is 2.43. The Morgan fingerprint density at radius 1 is 1.38 bits per heavy atom. The van der Waals surface area contributed by atoms with E-state index in [9.17, 15) is 9.59 Å². The molecule has 6 heteroatoms. The highest BCUT2D eigenvalue weighted by atomic mass is 16.5. The molecule has 6 nitrogen and oxygen atoms in total. The first-order valence-corrected chi connectivity index (χ1v) is 7.42. The molecule has 1 amide bonds. The van der Waals surface area contributed by atoms with Crippen LogP contribution >= 0.6 is 0 Å². The molecule has 0 aromatic carbocycles. The van der Waals surface area contributed by atoms with Crippen molar-refractivity contribution in [3.05, 3.63) is 18.7 Å². The van der Waals surface area contributed by atoms with Crippen LogP contribution in [-0.2, 0) is 20.9 Å². The maximum Gasteiger partial charge on any atom is 0.325 e. The number of nitrogens with zero attached hydrogens (tertiary/aromatic N) is 3. The lowest BCUT2D eigenvalue weighted by atomic mass is 10.2. The van der Waals surface area contributed by atoms with E-state index in [1.54, 1.807) is 24.3 Å². The Hall–Kier alpha value is -1.85. The third-order valence-electron chi connectivity index (χ3n) is 2.93. The lowest BCUT2D eigenvalue weighted by Crippen LogP contribution is -2.38. The fourth-order valence-corrected chi connectivity index (χ4v) is 2.05. The summed E-state index contributed by atoms with van der Waals surface area (Å²) in [5.74, 6) is -0.0324. The second-order valence-corrected chi connectivity index (χ2v) is 5.38. The zero-order valence-electron chi connectivity index (χ0n) is 13.1. The average molecular weight is 295 g/mol. The van der Waals surface area contributed by atoms with Crippen LogP contribution < -0.4 is 0 Å². The average Bonchev–Trinajstić information content (AvgIpc) is 2.90. The number of carbonyl (C=O) groups excluding carboxylic acids is 2. The second kappa shape index (κ2) is 9.15. The van der Waals surface area contributed by atoms with E-state index < -0.39 is 0 Å². The van der Waals surface area contributed by atoms with E-state index in [1.165, 1.54) is 0 Å². The van der Waals surface area contributed by atoms with Crippen LogP contribution in [0.5, 0.6) is 0 Å². The summed E-state index contributed by atoms with van der Waals surface area (Å²) in [6.45, 7) is 7.51. The molecule has 0 atom stereocenters. The topological polar surface area (TPSA) is 64.4 Å². The van der Waals surface area contributed by atoms with E-state index in [1.807, 2.05) is 24.6 Å². The molecule has 0 spiro atoms. The smallest absolute Gasteiger partial charge is 0.325 e. The zero-order chi connectivity index (χ0) is 15.7. The molecule has 0 saturated carbocycles. The van der Waals surface area contributed by atoms with Crippen molar-refractivity contribution < 1.29 is 14.3 Å². The van der Waals surface area contributed by atoms with Gasteiger partial charge in [0.2, 0.25) is 5.91 Å². The third kappa shape index (κ3) is 6.92. The van der Waals surface area contributed by atoms with Crippen molar-refractivity contribution >= 4 is 11.9 Å². The van der Waals surface area contributed by atoms with Crippen molar-refractivity contribution in [1.82, 2.24) is 14.5 Å². The van der Waals surface area contributed by atoms with Crippen molar-refractivity contribution in [2.24, 2.45) is 5.92 Å². The standard InChI is InChI=1S/C15H25N3O3/c1-4-21-15(20)11-18(10-13(2)3)14(19)6-5-8-17-9-7-16-12-17/h7,9,12-13H,4-6,8,10-11H2,1-3H3. The molecule has 0 radical (unpaired) electrons. The van der Waals surface area contributed by atoms with Crippen LogP contribution in [0.1, 0.15) is 33.6 Å². The first-order valence-electron chi connectivity index (χ1n) is 7.42. The molecule has 118 valence electrons. The quantitative estimate of drug-likeness (QED) is 0.651. The maximum absolute atomic E-state index is 12.2. The van der Waals surface area contributed by atoms with Gasteiger partial charge >= 0.3 is 5.97 Å². The molecule has 1 rings (SSSR count). The van der Waals surface area contributed by atoms with E-state index in [2.05, 4.69) is 4.98 Å². The van der Waals surface area contributed by atoms with Gasteiger partial charge in [-0.05, 0) is 19.3 Å². The minimum absolute atomic E-state index is 0.00290. The molecule has 0 aliphatic carbocycles. The van der Waals surface area contributed by atoms with Gasteiger partial charge in [-0.15, -0.1) is 0 Å². The summed E-state index contributed by atoms with van der Waals surface area (Å²) >= 11 is 0. The minimum atomic E-state index is -0.346. The Labute approximate surface area is 126 Å². The van der Waals surface area contributed by atoms with Crippen LogP contribution in [0.15, 0.2) is 18.7 Å². The van der Waals surface area contributed by atoms with Gasteiger partial charge < -0.3 is 14.2 Å². The minimum Gasteiger partial charge on any atom is -0.465 e. The summed E-state index contributed by atoms with van der Waals surface area (Å²) in [6, 6.07) is 0. The summed E-state index contributed by atoms with van der Waals surface area (Å²) in [7, 11) is 0. The Kier molecular flexibility index (Phi) is 7.50.